The standard InChI is InChI=1S/C22H25N3O4/c1-15-11-16(22(28)29)13-25(12-15)14-20(26)24-19-10-6-5-9-18(19)21(27)23-17-7-3-2-4-8-17/h2-10,15-16H,11-14H2,1H3,(H,23,27)(H,24,26)(H,28,29). The summed E-state index contributed by atoms with van der Waals surface area (Å²) in [5.41, 5.74) is 1.45. The Bertz CT molecular complexity index is 885. The number of para-hydroxylation sites is 2. The van der Waals surface area contributed by atoms with Crippen LogP contribution in [0.25, 0.3) is 0 Å². The predicted molar refractivity (Wildman–Crippen MR) is 111 cm³/mol. The third-order valence-electron chi connectivity index (χ3n) is 4.93. The normalized spacial score (nSPS) is 19.3. The van der Waals surface area contributed by atoms with Crippen molar-refractivity contribution in [3.05, 3.63) is 60.2 Å². The summed E-state index contributed by atoms with van der Waals surface area (Å²) < 4.78 is 0. The Morgan fingerprint density at radius 1 is 1.00 bits per heavy atom. The Morgan fingerprint density at radius 3 is 2.41 bits per heavy atom. The van der Waals surface area contributed by atoms with Crippen molar-refractivity contribution in [2.45, 2.75) is 13.3 Å². The van der Waals surface area contributed by atoms with Gasteiger partial charge in [0.1, 0.15) is 0 Å². The van der Waals surface area contributed by atoms with Gasteiger partial charge in [-0.15, -0.1) is 0 Å². The highest BCUT2D eigenvalue weighted by Crippen LogP contribution is 2.22. The zero-order valence-corrected chi connectivity index (χ0v) is 16.3. The van der Waals surface area contributed by atoms with Gasteiger partial charge < -0.3 is 15.7 Å². The van der Waals surface area contributed by atoms with Crippen LogP contribution < -0.4 is 10.6 Å². The first-order valence-corrected chi connectivity index (χ1v) is 9.63. The van der Waals surface area contributed by atoms with Gasteiger partial charge in [0.05, 0.1) is 23.7 Å². The van der Waals surface area contributed by atoms with Gasteiger partial charge in [-0.3, -0.25) is 19.3 Å². The molecule has 2 unspecified atom stereocenters. The molecule has 152 valence electrons. The van der Waals surface area contributed by atoms with E-state index in [1.54, 1.807) is 36.4 Å². The van der Waals surface area contributed by atoms with Gasteiger partial charge in [-0.25, -0.2) is 0 Å². The first-order chi connectivity index (χ1) is 13.9. The maximum absolute atomic E-state index is 12.6. The number of hydrogen-bond acceptors (Lipinski definition) is 4. The van der Waals surface area contributed by atoms with Crippen molar-refractivity contribution in [2.24, 2.45) is 11.8 Å². The number of carbonyl (C=O) groups excluding carboxylic acids is 2. The van der Waals surface area contributed by atoms with Crippen LogP contribution in [0, 0.1) is 11.8 Å². The molecule has 3 N–H and O–H groups in total. The Morgan fingerprint density at radius 2 is 1.69 bits per heavy atom. The van der Waals surface area contributed by atoms with E-state index >= 15 is 0 Å². The summed E-state index contributed by atoms with van der Waals surface area (Å²) in [4.78, 5) is 38.4. The second-order valence-corrected chi connectivity index (χ2v) is 7.48. The maximum Gasteiger partial charge on any atom is 0.307 e. The molecule has 7 heteroatoms. The fourth-order valence-corrected chi connectivity index (χ4v) is 3.67. The van der Waals surface area contributed by atoms with Gasteiger partial charge in [-0.2, -0.15) is 0 Å². The molecule has 2 atom stereocenters. The number of amides is 2. The van der Waals surface area contributed by atoms with E-state index in [9.17, 15) is 19.5 Å². The minimum atomic E-state index is -0.829. The molecule has 1 saturated heterocycles. The average Bonchev–Trinajstić information content (AvgIpc) is 2.68. The van der Waals surface area contributed by atoms with E-state index in [0.717, 1.165) is 0 Å². The number of carboxylic acid groups (broad SMARTS) is 1. The maximum atomic E-state index is 12.6. The molecule has 0 spiro atoms. The quantitative estimate of drug-likeness (QED) is 0.699. The summed E-state index contributed by atoms with van der Waals surface area (Å²) >= 11 is 0. The third kappa shape index (κ3) is 5.65. The van der Waals surface area contributed by atoms with Gasteiger partial charge in [0.25, 0.3) is 5.91 Å². The summed E-state index contributed by atoms with van der Waals surface area (Å²) in [6.07, 6.45) is 0.621. The van der Waals surface area contributed by atoms with Gasteiger partial charge in [0.2, 0.25) is 5.91 Å². The number of piperidine rings is 1. The van der Waals surface area contributed by atoms with Crippen molar-refractivity contribution in [3.8, 4) is 0 Å². The molecule has 3 rings (SSSR count). The van der Waals surface area contributed by atoms with E-state index in [1.165, 1.54) is 0 Å². The van der Waals surface area contributed by atoms with Gasteiger partial charge in [-0.05, 0) is 36.6 Å². The van der Waals surface area contributed by atoms with E-state index in [-0.39, 0.29) is 24.3 Å². The van der Waals surface area contributed by atoms with Crippen molar-refractivity contribution in [1.82, 2.24) is 4.90 Å². The second-order valence-electron chi connectivity index (χ2n) is 7.48. The lowest BCUT2D eigenvalue weighted by molar-refractivity contribution is -0.144. The molecular weight excluding hydrogens is 370 g/mol. The minimum absolute atomic E-state index is 0.0861. The number of rotatable bonds is 6. The zero-order valence-electron chi connectivity index (χ0n) is 16.3. The lowest BCUT2D eigenvalue weighted by Gasteiger charge is -2.34. The summed E-state index contributed by atoms with van der Waals surface area (Å²) in [5.74, 6) is -1.67. The Labute approximate surface area is 169 Å². The average molecular weight is 395 g/mol. The molecule has 1 aliphatic heterocycles. The molecule has 7 nitrogen and oxygen atoms in total. The summed E-state index contributed by atoms with van der Waals surface area (Å²) in [5, 5.41) is 14.9. The SMILES string of the molecule is CC1CC(C(=O)O)CN(CC(=O)Nc2ccccc2C(=O)Nc2ccccc2)C1. The monoisotopic (exact) mass is 395 g/mol. The number of anilines is 2. The summed E-state index contributed by atoms with van der Waals surface area (Å²) in [7, 11) is 0. The summed E-state index contributed by atoms with van der Waals surface area (Å²) in [6, 6.07) is 15.9. The van der Waals surface area contributed by atoms with Crippen molar-refractivity contribution in [3.63, 3.8) is 0 Å². The van der Waals surface area contributed by atoms with Crippen LogP contribution in [-0.2, 0) is 9.59 Å². The number of benzene rings is 2. The van der Waals surface area contributed by atoms with Crippen molar-refractivity contribution >= 4 is 29.2 Å². The van der Waals surface area contributed by atoms with E-state index in [1.807, 2.05) is 30.0 Å². The second kappa shape index (κ2) is 9.34. The molecule has 0 saturated carbocycles. The van der Waals surface area contributed by atoms with Crippen LogP contribution in [0.3, 0.4) is 0 Å². The van der Waals surface area contributed by atoms with Crippen LogP contribution in [0.4, 0.5) is 11.4 Å². The van der Waals surface area contributed by atoms with E-state index in [0.29, 0.717) is 36.4 Å². The smallest absolute Gasteiger partial charge is 0.307 e. The molecule has 29 heavy (non-hydrogen) atoms. The van der Waals surface area contributed by atoms with Crippen LogP contribution >= 0.6 is 0 Å². The highest BCUT2D eigenvalue weighted by atomic mass is 16.4. The van der Waals surface area contributed by atoms with Crippen molar-refractivity contribution in [2.75, 3.05) is 30.3 Å². The molecule has 1 fully saturated rings. The lowest BCUT2D eigenvalue weighted by Crippen LogP contribution is -2.45. The van der Waals surface area contributed by atoms with E-state index in [2.05, 4.69) is 10.6 Å². The zero-order chi connectivity index (χ0) is 20.8. The number of hydrogen-bond donors (Lipinski definition) is 3. The first-order valence-electron chi connectivity index (χ1n) is 9.63. The molecule has 1 aliphatic rings. The number of carbonyl (C=O) groups is 3. The molecule has 2 aromatic carbocycles. The number of aliphatic carboxylic acids is 1. The van der Waals surface area contributed by atoms with Crippen LogP contribution in [0.2, 0.25) is 0 Å². The molecule has 0 bridgehead atoms. The fourth-order valence-electron chi connectivity index (χ4n) is 3.67. The van der Waals surface area contributed by atoms with Crippen LogP contribution in [0.5, 0.6) is 0 Å². The number of likely N-dealkylation sites (tertiary alicyclic amines) is 1. The van der Waals surface area contributed by atoms with Crippen LogP contribution in [0.1, 0.15) is 23.7 Å². The van der Waals surface area contributed by atoms with Gasteiger partial charge in [0.15, 0.2) is 0 Å². The van der Waals surface area contributed by atoms with Gasteiger partial charge in [0, 0.05) is 18.8 Å². The van der Waals surface area contributed by atoms with Crippen LogP contribution in [-0.4, -0.2) is 47.4 Å². The Hall–Kier alpha value is -3.19. The largest absolute Gasteiger partial charge is 0.481 e. The summed E-state index contributed by atoms with van der Waals surface area (Å²) in [6.45, 7) is 3.10. The molecule has 0 aliphatic carbocycles. The molecule has 2 aromatic rings. The molecular formula is C22H25N3O4. The number of nitrogens with one attached hydrogen (secondary N) is 2. The topological polar surface area (TPSA) is 98.7 Å². The van der Waals surface area contributed by atoms with E-state index in [4.69, 9.17) is 0 Å². The first kappa shape index (κ1) is 20.5. The Balaban J connectivity index is 1.65. The molecule has 1 heterocycles. The highest BCUT2D eigenvalue weighted by Gasteiger charge is 2.30. The number of carboxylic acids is 1. The lowest BCUT2D eigenvalue weighted by atomic mass is 9.90. The fraction of sp³-hybridized carbons (Fsp3) is 0.318. The van der Waals surface area contributed by atoms with Crippen molar-refractivity contribution in [1.29, 1.82) is 0 Å². The van der Waals surface area contributed by atoms with Gasteiger partial charge >= 0.3 is 5.97 Å². The van der Waals surface area contributed by atoms with Gasteiger partial charge in [-0.1, -0.05) is 37.3 Å². The van der Waals surface area contributed by atoms with Crippen LogP contribution in [0.15, 0.2) is 54.6 Å². The molecule has 0 radical (unpaired) electrons. The number of nitrogens with zero attached hydrogens (tertiary/aromatic N) is 1. The van der Waals surface area contributed by atoms with E-state index < -0.39 is 11.9 Å². The predicted octanol–water partition coefficient (Wildman–Crippen LogP) is 2.92. The Kier molecular flexibility index (Phi) is 6.61. The van der Waals surface area contributed by atoms with Crippen molar-refractivity contribution < 1.29 is 19.5 Å². The highest BCUT2D eigenvalue weighted by molar-refractivity contribution is 6.10. The third-order valence-corrected chi connectivity index (χ3v) is 4.93. The molecule has 0 aromatic heterocycles. The molecule has 2 amide bonds. The minimum Gasteiger partial charge on any atom is -0.481 e.